The van der Waals surface area contributed by atoms with Crippen LogP contribution >= 0.6 is 0 Å². The van der Waals surface area contributed by atoms with Crippen LogP contribution in [0.25, 0.3) is 11.0 Å². The Morgan fingerprint density at radius 2 is 1.24 bits per heavy atom. The van der Waals surface area contributed by atoms with Gasteiger partial charge in [-0.15, -0.1) is 0 Å². The highest BCUT2D eigenvalue weighted by Crippen LogP contribution is 2.35. The molecular formula is C29H21NO4. The minimum absolute atomic E-state index is 0.114. The monoisotopic (exact) mass is 447 g/mol. The Kier molecular flexibility index (Phi) is 5.67. The molecule has 5 aromatic rings. The van der Waals surface area contributed by atoms with Gasteiger partial charge in [0.05, 0.1) is 12.5 Å². The zero-order chi connectivity index (χ0) is 23.5. The molecule has 166 valence electrons. The number of benzene rings is 4. The first kappa shape index (κ1) is 21.2. The fourth-order valence-electron chi connectivity index (χ4n) is 4.04. The van der Waals surface area contributed by atoms with Crippen molar-refractivity contribution in [1.29, 1.82) is 0 Å². The number of hydrogen-bond acceptors (Lipinski definition) is 5. The highest BCUT2D eigenvalue weighted by atomic mass is 16.5. The van der Waals surface area contributed by atoms with Crippen molar-refractivity contribution in [2.45, 2.75) is 0 Å². The molecule has 4 aromatic carbocycles. The predicted octanol–water partition coefficient (Wildman–Crippen LogP) is 6.50. The van der Waals surface area contributed by atoms with Crippen LogP contribution in [0.4, 0.5) is 17.1 Å². The van der Waals surface area contributed by atoms with Gasteiger partial charge in [0, 0.05) is 22.6 Å². The highest BCUT2D eigenvalue weighted by molar-refractivity contribution is 6.12. The van der Waals surface area contributed by atoms with Gasteiger partial charge >= 0.3 is 5.63 Å². The molecule has 5 nitrogen and oxygen atoms in total. The number of rotatable bonds is 6. The summed E-state index contributed by atoms with van der Waals surface area (Å²) in [7, 11) is 1.44. The van der Waals surface area contributed by atoms with Gasteiger partial charge in [-0.3, -0.25) is 4.79 Å². The van der Waals surface area contributed by atoms with Crippen LogP contribution in [0.15, 0.2) is 118 Å². The van der Waals surface area contributed by atoms with Gasteiger partial charge in [0.25, 0.3) is 0 Å². The molecule has 0 N–H and O–H groups in total. The first-order valence-electron chi connectivity index (χ1n) is 10.8. The number of fused-ring (bicyclic) bond motifs is 1. The fraction of sp³-hybridized carbons (Fsp3) is 0.0345. The van der Waals surface area contributed by atoms with Gasteiger partial charge in [-0.05, 0) is 60.7 Å². The van der Waals surface area contributed by atoms with E-state index < -0.39 is 11.4 Å². The number of anilines is 3. The molecule has 0 aliphatic carbocycles. The normalized spacial score (nSPS) is 10.7. The summed E-state index contributed by atoms with van der Waals surface area (Å²) >= 11 is 0. The van der Waals surface area contributed by atoms with Crippen molar-refractivity contribution in [2.75, 3.05) is 12.0 Å². The van der Waals surface area contributed by atoms with Crippen molar-refractivity contribution in [3.05, 3.63) is 131 Å². The van der Waals surface area contributed by atoms with Gasteiger partial charge in [0.1, 0.15) is 11.3 Å². The number of hydrogen-bond donors (Lipinski definition) is 0. The smallest absolute Gasteiger partial charge is 0.351 e. The summed E-state index contributed by atoms with van der Waals surface area (Å²) in [6.45, 7) is 0. The van der Waals surface area contributed by atoms with Crippen molar-refractivity contribution < 1.29 is 13.9 Å². The molecule has 0 spiro atoms. The molecule has 0 radical (unpaired) electrons. The van der Waals surface area contributed by atoms with Crippen molar-refractivity contribution in [3.8, 4) is 5.75 Å². The summed E-state index contributed by atoms with van der Waals surface area (Å²) in [5.74, 6) is -0.231. The molecule has 0 aliphatic heterocycles. The summed E-state index contributed by atoms with van der Waals surface area (Å²) in [4.78, 5) is 28.2. The quantitative estimate of drug-likeness (QED) is 0.220. The standard InChI is InChI=1S/C29H21NO4/c1-33-28-24-14-8-9-15-25(24)34-29(32)26(28)27(31)20-16-18-23(19-17-20)30(21-10-4-2-5-11-21)22-12-6-3-7-13-22/h2-19H,1H3. The van der Waals surface area contributed by atoms with Crippen molar-refractivity contribution in [3.63, 3.8) is 0 Å². The molecule has 0 bridgehead atoms. The zero-order valence-corrected chi connectivity index (χ0v) is 18.5. The summed E-state index contributed by atoms with van der Waals surface area (Å²) in [5, 5.41) is 0.573. The number of ketones is 1. The Hall–Kier alpha value is -4.64. The number of carbonyl (C=O) groups excluding carboxylic acids is 1. The van der Waals surface area contributed by atoms with Gasteiger partial charge in [-0.2, -0.15) is 0 Å². The second-order valence-electron chi connectivity index (χ2n) is 7.68. The van der Waals surface area contributed by atoms with Crippen molar-refractivity contribution in [1.82, 2.24) is 0 Å². The number of ether oxygens (including phenoxy) is 1. The highest BCUT2D eigenvalue weighted by Gasteiger charge is 2.23. The Bertz CT molecular complexity index is 1470. The molecule has 0 unspecified atom stereocenters. The van der Waals surface area contributed by atoms with E-state index in [9.17, 15) is 9.59 Å². The number of para-hydroxylation sites is 3. The Morgan fingerprint density at radius 1 is 0.706 bits per heavy atom. The minimum atomic E-state index is -0.722. The summed E-state index contributed by atoms with van der Waals surface area (Å²) in [5.41, 5.74) is 2.76. The van der Waals surface area contributed by atoms with Crippen LogP contribution in [-0.4, -0.2) is 12.9 Å². The number of methoxy groups -OCH3 is 1. The summed E-state index contributed by atoms with van der Waals surface area (Å²) in [6.07, 6.45) is 0. The second-order valence-corrected chi connectivity index (χ2v) is 7.68. The van der Waals surface area contributed by atoms with E-state index in [1.54, 1.807) is 36.4 Å². The maximum atomic E-state index is 13.4. The van der Waals surface area contributed by atoms with E-state index in [0.29, 0.717) is 16.5 Å². The zero-order valence-electron chi connectivity index (χ0n) is 18.5. The second kappa shape index (κ2) is 9.08. The molecule has 5 rings (SSSR count). The lowest BCUT2D eigenvalue weighted by molar-refractivity contribution is 0.103. The maximum Gasteiger partial charge on any atom is 0.351 e. The van der Waals surface area contributed by atoms with Crippen molar-refractivity contribution >= 4 is 33.8 Å². The first-order valence-corrected chi connectivity index (χ1v) is 10.8. The third kappa shape index (κ3) is 3.84. The van der Waals surface area contributed by atoms with Crippen LogP contribution in [0, 0.1) is 0 Å². The number of nitrogens with zero attached hydrogens (tertiary/aromatic N) is 1. The maximum absolute atomic E-state index is 13.4. The molecule has 0 saturated heterocycles. The molecule has 0 aliphatic rings. The van der Waals surface area contributed by atoms with Crippen LogP contribution < -0.4 is 15.3 Å². The van der Waals surface area contributed by atoms with Gasteiger partial charge in [0.15, 0.2) is 5.56 Å². The molecular weight excluding hydrogens is 426 g/mol. The minimum Gasteiger partial charge on any atom is -0.495 e. The molecule has 0 saturated carbocycles. The third-order valence-electron chi connectivity index (χ3n) is 5.61. The van der Waals surface area contributed by atoms with E-state index in [4.69, 9.17) is 9.15 Å². The SMILES string of the molecule is COc1c(C(=O)c2ccc(N(c3ccccc3)c3ccccc3)cc2)c(=O)oc2ccccc12. The van der Waals surface area contributed by atoms with Gasteiger partial charge in [-0.1, -0.05) is 48.5 Å². The molecule has 0 fully saturated rings. The molecule has 34 heavy (non-hydrogen) atoms. The lowest BCUT2D eigenvalue weighted by atomic mass is 10.0. The lowest BCUT2D eigenvalue weighted by Crippen LogP contribution is -2.17. The van der Waals surface area contributed by atoms with Gasteiger partial charge in [0.2, 0.25) is 5.78 Å². The molecule has 1 aromatic heterocycles. The molecule has 0 amide bonds. The number of carbonyl (C=O) groups is 1. The van der Waals surface area contributed by atoms with Crippen LogP contribution in [0.1, 0.15) is 15.9 Å². The van der Waals surface area contributed by atoms with Crippen LogP contribution in [-0.2, 0) is 0 Å². The third-order valence-corrected chi connectivity index (χ3v) is 5.61. The van der Waals surface area contributed by atoms with E-state index in [1.165, 1.54) is 7.11 Å². The summed E-state index contributed by atoms with van der Waals surface area (Å²) < 4.78 is 10.9. The molecule has 0 atom stereocenters. The van der Waals surface area contributed by atoms with Crippen LogP contribution in [0.2, 0.25) is 0 Å². The van der Waals surface area contributed by atoms with Crippen LogP contribution in [0.5, 0.6) is 5.75 Å². The van der Waals surface area contributed by atoms with E-state index in [2.05, 4.69) is 4.90 Å². The Morgan fingerprint density at radius 3 is 1.82 bits per heavy atom. The largest absolute Gasteiger partial charge is 0.495 e. The van der Waals surface area contributed by atoms with E-state index in [0.717, 1.165) is 17.1 Å². The topological polar surface area (TPSA) is 59.8 Å². The fourth-order valence-corrected chi connectivity index (χ4v) is 4.04. The Labute approximate surface area is 196 Å². The first-order chi connectivity index (χ1) is 16.7. The predicted molar refractivity (Wildman–Crippen MR) is 134 cm³/mol. The van der Waals surface area contributed by atoms with Gasteiger partial charge in [-0.25, -0.2) is 4.79 Å². The van der Waals surface area contributed by atoms with Gasteiger partial charge < -0.3 is 14.1 Å². The lowest BCUT2D eigenvalue weighted by Gasteiger charge is -2.25. The van der Waals surface area contributed by atoms with E-state index in [1.807, 2.05) is 72.8 Å². The Balaban J connectivity index is 1.56. The average Bonchev–Trinajstić information content (AvgIpc) is 2.89. The van der Waals surface area contributed by atoms with E-state index in [-0.39, 0.29) is 11.3 Å². The molecule has 5 heteroatoms. The summed E-state index contributed by atoms with van der Waals surface area (Å²) in [6, 6.07) is 34.1. The molecule has 1 heterocycles. The average molecular weight is 447 g/mol. The van der Waals surface area contributed by atoms with E-state index >= 15 is 0 Å². The van der Waals surface area contributed by atoms with Crippen molar-refractivity contribution in [2.24, 2.45) is 0 Å². The van der Waals surface area contributed by atoms with Crippen LogP contribution in [0.3, 0.4) is 0 Å².